The molecule has 29 heavy (non-hydrogen) atoms. The second-order valence-electron chi connectivity index (χ2n) is 7.72. The van der Waals surface area contributed by atoms with Gasteiger partial charge in [0.15, 0.2) is 0 Å². The molecule has 0 atom stereocenters. The van der Waals surface area contributed by atoms with Crippen LogP contribution in [-0.2, 0) is 10.0 Å². The predicted octanol–water partition coefficient (Wildman–Crippen LogP) is 6.41. The zero-order valence-electron chi connectivity index (χ0n) is 15.9. The van der Waals surface area contributed by atoms with E-state index in [1.165, 1.54) is 6.42 Å². The highest BCUT2D eigenvalue weighted by molar-refractivity contribution is 9.15. The van der Waals surface area contributed by atoms with Gasteiger partial charge >= 0.3 is 0 Å². The number of rotatable bonds is 5. The van der Waals surface area contributed by atoms with Crippen LogP contribution in [-0.4, -0.2) is 26.4 Å². The third-order valence-electron chi connectivity index (χ3n) is 5.59. The number of sulfonamides is 1. The molecule has 0 aromatic heterocycles. The van der Waals surface area contributed by atoms with Crippen LogP contribution < -0.4 is 10.0 Å². The van der Waals surface area contributed by atoms with Gasteiger partial charge in [-0.25, -0.2) is 13.1 Å². The summed E-state index contributed by atoms with van der Waals surface area (Å²) in [5.41, 5.74) is 0.126. The van der Waals surface area contributed by atoms with Gasteiger partial charge in [-0.05, 0) is 89.4 Å². The fourth-order valence-electron chi connectivity index (χ4n) is 4.07. The fraction of sp³-hybridized carbons (Fsp3) is 0.632. The third kappa shape index (κ3) is 5.66. The second kappa shape index (κ2) is 10.4. The van der Waals surface area contributed by atoms with E-state index in [1.807, 2.05) is 0 Å². The van der Waals surface area contributed by atoms with Crippen molar-refractivity contribution in [1.82, 2.24) is 10.0 Å². The van der Waals surface area contributed by atoms with Gasteiger partial charge in [0.25, 0.3) is 5.91 Å². The van der Waals surface area contributed by atoms with Crippen molar-refractivity contribution in [3.05, 3.63) is 23.5 Å². The molecule has 0 bridgehead atoms. The Kier molecular flexibility index (Phi) is 8.69. The molecule has 3 rings (SSSR count). The highest BCUT2D eigenvalue weighted by Crippen LogP contribution is 2.44. The molecule has 2 saturated carbocycles. The average Bonchev–Trinajstić information content (AvgIpc) is 2.69. The number of halogens is 4. The molecule has 1 aromatic rings. The predicted molar refractivity (Wildman–Crippen MR) is 129 cm³/mol. The van der Waals surface area contributed by atoms with Gasteiger partial charge in [-0.15, -0.1) is 0 Å². The van der Waals surface area contributed by atoms with Crippen molar-refractivity contribution in [1.29, 1.82) is 0 Å². The fourth-order valence-corrected chi connectivity index (χ4v) is 8.86. The molecule has 1 amide bonds. The van der Waals surface area contributed by atoms with Gasteiger partial charge in [-0.3, -0.25) is 4.79 Å². The van der Waals surface area contributed by atoms with Crippen LogP contribution in [0.2, 0.25) is 0 Å². The maximum Gasteiger partial charge on any atom is 0.254 e. The van der Waals surface area contributed by atoms with Gasteiger partial charge in [0, 0.05) is 25.5 Å². The lowest BCUT2D eigenvalue weighted by Crippen LogP contribution is -2.40. The molecular weight excluding hydrogens is 656 g/mol. The van der Waals surface area contributed by atoms with E-state index in [0.29, 0.717) is 17.9 Å². The van der Waals surface area contributed by atoms with Crippen LogP contribution in [0.1, 0.15) is 74.6 Å². The maximum absolute atomic E-state index is 13.4. The minimum atomic E-state index is -3.91. The zero-order valence-corrected chi connectivity index (χ0v) is 23.0. The summed E-state index contributed by atoms with van der Waals surface area (Å²) in [7, 11) is -3.91. The number of hydrogen-bond donors (Lipinski definition) is 2. The Balaban J connectivity index is 2.01. The second-order valence-corrected chi connectivity index (χ2v) is 12.5. The van der Waals surface area contributed by atoms with E-state index in [4.69, 9.17) is 0 Å². The van der Waals surface area contributed by atoms with Crippen LogP contribution in [0.5, 0.6) is 0 Å². The normalized spacial score (nSPS) is 19.3. The molecule has 0 unspecified atom stereocenters. The van der Waals surface area contributed by atoms with E-state index in [2.05, 4.69) is 73.8 Å². The summed E-state index contributed by atoms with van der Waals surface area (Å²) in [6.07, 6.45) is 9.97. The summed E-state index contributed by atoms with van der Waals surface area (Å²) < 4.78 is 31.5. The number of nitrogens with one attached hydrogen (secondary N) is 2. The first-order chi connectivity index (χ1) is 13.7. The monoisotopic (exact) mass is 676 g/mol. The van der Waals surface area contributed by atoms with Crippen molar-refractivity contribution in [2.75, 3.05) is 0 Å². The topological polar surface area (TPSA) is 75.3 Å². The van der Waals surface area contributed by atoms with Crippen molar-refractivity contribution in [3.63, 3.8) is 0 Å². The Morgan fingerprint density at radius 1 is 0.724 bits per heavy atom. The summed E-state index contributed by atoms with van der Waals surface area (Å²) in [4.78, 5) is 13.2. The first kappa shape index (κ1) is 24.2. The quantitative estimate of drug-likeness (QED) is 0.279. The molecule has 1 aromatic carbocycles. The molecule has 5 nitrogen and oxygen atoms in total. The van der Waals surface area contributed by atoms with Crippen LogP contribution in [0.4, 0.5) is 0 Å². The number of carbonyl (C=O) groups excluding carboxylic acids is 1. The van der Waals surface area contributed by atoms with Gasteiger partial charge in [-0.2, -0.15) is 0 Å². The number of benzene rings is 1. The minimum Gasteiger partial charge on any atom is -0.349 e. The molecule has 0 saturated heterocycles. The number of hydrogen-bond acceptors (Lipinski definition) is 3. The van der Waals surface area contributed by atoms with Crippen molar-refractivity contribution in [2.45, 2.75) is 81.2 Å². The molecule has 2 N–H and O–H groups in total. The lowest BCUT2D eigenvalue weighted by molar-refractivity contribution is 0.0923. The van der Waals surface area contributed by atoms with Crippen LogP contribution in [0.15, 0.2) is 22.8 Å². The van der Waals surface area contributed by atoms with E-state index >= 15 is 0 Å². The average molecular weight is 680 g/mol. The molecule has 2 fully saturated rings. The molecule has 0 heterocycles. The molecule has 2 aliphatic carbocycles. The smallest absolute Gasteiger partial charge is 0.254 e. The molecule has 10 heteroatoms. The van der Waals surface area contributed by atoms with Crippen molar-refractivity contribution < 1.29 is 13.2 Å². The molecule has 0 aliphatic heterocycles. The lowest BCUT2D eigenvalue weighted by atomic mass is 9.95. The van der Waals surface area contributed by atoms with Crippen LogP contribution in [0.3, 0.4) is 0 Å². The Labute approximate surface area is 206 Å². The Morgan fingerprint density at radius 2 is 1.21 bits per heavy atom. The number of carbonyl (C=O) groups is 1. The SMILES string of the molecule is O=C(NC1CCCCC1)c1c(Br)c(Br)c(Br)c(Br)c1S(=O)(=O)NC1CCCCC1. The van der Waals surface area contributed by atoms with Gasteiger partial charge in [0.2, 0.25) is 10.0 Å². The highest BCUT2D eigenvalue weighted by atomic mass is 79.9. The van der Waals surface area contributed by atoms with Crippen molar-refractivity contribution in [3.8, 4) is 0 Å². The molecule has 2 aliphatic rings. The first-order valence-corrected chi connectivity index (χ1v) is 14.6. The summed E-state index contributed by atoms with van der Waals surface area (Å²) >= 11 is 13.7. The maximum atomic E-state index is 13.4. The molecular formula is C19H24Br4N2O3S. The van der Waals surface area contributed by atoms with Gasteiger partial charge in [-0.1, -0.05) is 38.5 Å². The van der Waals surface area contributed by atoms with E-state index in [-0.39, 0.29) is 28.4 Å². The van der Waals surface area contributed by atoms with Crippen molar-refractivity contribution in [2.24, 2.45) is 0 Å². The van der Waals surface area contributed by atoms with E-state index in [9.17, 15) is 13.2 Å². The van der Waals surface area contributed by atoms with E-state index < -0.39 is 10.0 Å². The minimum absolute atomic E-state index is 0.0293. The Morgan fingerprint density at radius 3 is 1.76 bits per heavy atom. The van der Waals surface area contributed by atoms with E-state index in [1.54, 1.807) is 0 Å². The Bertz CT molecular complexity index is 880. The third-order valence-corrected chi connectivity index (χ3v) is 12.2. The molecule has 0 spiro atoms. The zero-order chi connectivity index (χ0) is 21.2. The highest BCUT2D eigenvalue weighted by Gasteiger charge is 2.34. The summed E-state index contributed by atoms with van der Waals surface area (Å²) in [5, 5.41) is 3.05. The standard InChI is InChI=1S/C19H24Br4N2O3S/c20-14-13(19(26)24-11-7-3-1-4-8-11)18(17(23)16(22)15(14)21)29(27,28)25-12-9-5-2-6-10-12/h11-12,25H,1-10H2,(H,24,26). The lowest BCUT2D eigenvalue weighted by Gasteiger charge is -2.26. The van der Waals surface area contributed by atoms with Crippen molar-refractivity contribution >= 4 is 79.7 Å². The summed E-state index contributed by atoms with van der Waals surface area (Å²) in [6, 6.07) is -0.0256. The van der Waals surface area contributed by atoms with Crippen LogP contribution in [0.25, 0.3) is 0 Å². The number of amides is 1. The van der Waals surface area contributed by atoms with Crippen LogP contribution >= 0.6 is 63.7 Å². The largest absolute Gasteiger partial charge is 0.349 e. The van der Waals surface area contributed by atoms with Crippen LogP contribution in [0, 0.1) is 0 Å². The molecule has 0 radical (unpaired) electrons. The van der Waals surface area contributed by atoms with Gasteiger partial charge in [0.1, 0.15) is 4.90 Å². The van der Waals surface area contributed by atoms with Gasteiger partial charge in [0.05, 0.1) is 10.0 Å². The van der Waals surface area contributed by atoms with E-state index in [0.717, 1.165) is 57.8 Å². The summed E-state index contributed by atoms with van der Waals surface area (Å²) in [5.74, 6) is -0.373. The van der Waals surface area contributed by atoms with Gasteiger partial charge < -0.3 is 5.32 Å². The first-order valence-electron chi connectivity index (χ1n) is 9.91. The molecule has 162 valence electrons. The summed E-state index contributed by atoms with van der Waals surface area (Å²) in [6.45, 7) is 0. The Hall–Kier alpha value is 0.520.